The summed E-state index contributed by atoms with van der Waals surface area (Å²) in [5.74, 6) is 1.75. The Morgan fingerprint density at radius 3 is 2.57 bits per heavy atom. The van der Waals surface area contributed by atoms with Crippen molar-refractivity contribution < 1.29 is 4.74 Å². The van der Waals surface area contributed by atoms with Crippen molar-refractivity contribution in [3.63, 3.8) is 0 Å². The highest BCUT2D eigenvalue weighted by molar-refractivity contribution is 6.30. The molecule has 0 bridgehead atoms. The maximum Gasteiger partial charge on any atom is 0.136 e. The minimum atomic E-state index is 0.735. The Kier molecular flexibility index (Phi) is 3.76. The molecule has 0 spiro atoms. The van der Waals surface area contributed by atoms with Gasteiger partial charge in [-0.25, -0.2) is 0 Å². The minimum absolute atomic E-state index is 0.735. The normalized spacial score (nSPS) is 17.7. The van der Waals surface area contributed by atoms with Crippen LogP contribution in [-0.4, -0.2) is 43.0 Å². The number of rotatable bonds is 1. The number of ether oxygens (including phenoxy) is 1. The summed E-state index contributed by atoms with van der Waals surface area (Å²) in [6.45, 7) is 4.15. The van der Waals surface area contributed by atoms with E-state index in [0.29, 0.717) is 0 Å². The average Bonchev–Trinajstić information content (AvgIpc) is 2.72. The second-order valence-electron chi connectivity index (χ2n) is 6.10. The van der Waals surface area contributed by atoms with Crippen molar-refractivity contribution in [3.8, 4) is 11.5 Å². The second kappa shape index (κ2) is 5.91. The maximum atomic E-state index is 6.26. The monoisotopic (exact) mass is 326 g/mol. The standard InChI is InChI=1S/C19H19ClN2O/c1-21-8-10-22(11-9-21)17-12-14-4-2-3-5-18(14)23-19-7-6-15(20)13-16(17)19/h2-7,12-13H,8-11H2,1H3. The van der Waals surface area contributed by atoms with Gasteiger partial charge in [0.25, 0.3) is 0 Å². The molecule has 0 aromatic heterocycles. The quantitative estimate of drug-likeness (QED) is 0.781. The number of halogens is 1. The van der Waals surface area contributed by atoms with Crippen LogP contribution in [0.3, 0.4) is 0 Å². The van der Waals surface area contributed by atoms with Gasteiger partial charge in [0.15, 0.2) is 0 Å². The molecule has 0 saturated carbocycles. The van der Waals surface area contributed by atoms with Gasteiger partial charge in [0.1, 0.15) is 11.5 Å². The van der Waals surface area contributed by atoms with E-state index in [1.807, 2.05) is 36.4 Å². The first-order valence-electron chi connectivity index (χ1n) is 7.93. The highest BCUT2D eigenvalue weighted by atomic mass is 35.5. The third-order valence-corrected chi connectivity index (χ3v) is 4.73. The Bertz CT molecular complexity index is 764. The lowest BCUT2D eigenvalue weighted by Crippen LogP contribution is -2.43. The fourth-order valence-electron chi connectivity index (χ4n) is 3.14. The number of hydrogen-bond acceptors (Lipinski definition) is 3. The van der Waals surface area contributed by atoms with E-state index >= 15 is 0 Å². The van der Waals surface area contributed by atoms with Gasteiger partial charge in [-0.05, 0) is 37.4 Å². The number of para-hydroxylation sites is 1. The molecule has 118 valence electrons. The first-order chi connectivity index (χ1) is 11.2. The van der Waals surface area contributed by atoms with Gasteiger partial charge in [0, 0.05) is 48.0 Å². The van der Waals surface area contributed by atoms with E-state index in [9.17, 15) is 0 Å². The first kappa shape index (κ1) is 14.6. The van der Waals surface area contributed by atoms with Crippen LogP contribution in [0.5, 0.6) is 11.5 Å². The number of hydrogen-bond donors (Lipinski definition) is 0. The number of likely N-dealkylation sites (N-methyl/N-ethyl adjacent to an activating group) is 1. The summed E-state index contributed by atoms with van der Waals surface area (Å²) in [4.78, 5) is 4.79. The lowest BCUT2D eigenvalue weighted by Gasteiger charge is -2.35. The average molecular weight is 327 g/mol. The van der Waals surface area contributed by atoms with Gasteiger partial charge in [-0.3, -0.25) is 0 Å². The van der Waals surface area contributed by atoms with Crippen molar-refractivity contribution in [3.05, 3.63) is 58.6 Å². The fraction of sp³-hybridized carbons (Fsp3) is 0.263. The van der Waals surface area contributed by atoms with Crippen molar-refractivity contribution in [2.75, 3.05) is 33.2 Å². The fourth-order valence-corrected chi connectivity index (χ4v) is 3.31. The molecular formula is C19H19ClN2O. The molecule has 2 aliphatic heterocycles. The topological polar surface area (TPSA) is 15.7 Å². The van der Waals surface area contributed by atoms with Crippen molar-refractivity contribution in [2.45, 2.75) is 0 Å². The van der Waals surface area contributed by atoms with E-state index < -0.39 is 0 Å². The van der Waals surface area contributed by atoms with Gasteiger partial charge in [-0.1, -0.05) is 29.8 Å². The summed E-state index contributed by atoms with van der Waals surface area (Å²) in [6, 6.07) is 14.0. The molecule has 4 heteroatoms. The van der Waals surface area contributed by atoms with E-state index in [4.69, 9.17) is 16.3 Å². The number of benzene rings is 2. The highest BCUT2D eigenvalue weighted by Crippen LogP contribution is 2.40. The van der Waals surface area contributed by atoms with E-state index in [0.717, 1.165) is 53.8 Å². The molecule has 2 aliphatic rings. The van der Waals surface area contributed by atoms with Crippen LogP contribution in [0.1, 0.15) is 11.1 Å². The summed E-state index contributed by atoms with van der Waals surface area (Å²) in [5.41, 5.74) is 3.37. The molecule has 0 N–H and O–H groups in total. The van der Waals surface area contributed by atoms with Crippen LogP contribution in [0.15, 0.2) is 42.5 Å². The predicted molar refractivity (Wildman–Crippen MR) is 94.9 cm³/mol. The second-order valence-corrected chi connectivity index (χ2v) is 6.54. The Balaban J connectivity index is 1.84. The molecular weight excluding hydrogens is 308 g/mol. The Morgan fingerprint density at radius 2 is 1.74 bits per heavy atom. The summed E-state index contributed by atoms with van der Waals surface area (Å²) >= 11 is 6.26. The van der Waals surface area contributed by atoms with E-state index in [-0.39, 0.29) is 0 Å². The Hall–Kier alpha value is -1.97. The zero-order chi connectivity index (χ0) is 15.8. The van der Waals surface area contributed by atoms with Crippen LogP contribution in [0.2, 0.25) is 5.02 Å². The van der Waals surface area contributed by atoms with E-state index in [2.05, 4.69) is 29.0 Å². The van der Waals surface area contributed by atoms with Gasteiger partial charge < -0.3 is 14.5 Å². The summed E-state index contributed by atoms with van der Waals surface area (Å²) in [7, 11) is 2.17. The highest BCUT2D eigenvalue weighted by Gasteiger charge is 2.23. The molecule has 1 saturated heterocycles. The Morgan fingerprint density at radius 1 is 0.957 bits per heavy atom. The van der Waals surface area contributed by atoms with Crippen LogP contribution in [0.25, 0.3) is 11.8 Å². The zero-order valence-corrected chi connectivity index (χ0v) is 13.9. The molecule has 0 amide bonds. The number of fused-ring (bicyclic) bond motifs is 2. The van der Waals surface area contributed by atoms with Gasteiger partial charge in [-0.15, -0.1) is 0 Å². The van der Waals surface area contributed by atoms with Crippen LogP contribution >= 0.6 is 11.6 Å². The maximum absolute atomic E-state index is 6.26. The molecule has 2 heterocycles. The zero-order valence-electron chi connectivity index (χ0n) is 13.1. The molecule has 0 radical (unpaired) electrons. The van der Waals surface area contributed by atoms with Crippen LogP contribution in [0, 0.1) is 0 Å². The smallest absolute Gasteiger partial charge is 0.136 e. The molecule has 0 unspecified atom stereocenters. The van der Waals surface area contributed by atoms with E-state index in [1.54, 1.807) is 0 Å². The molecule has 23 heavy (non-hydrogen) atoms. The third kappa shape index (κ3) is 2.82. The van der Waals surface area contributed by atoms with Gasteiger partial charge >= 0.3 is 0 Å². The lowest BCUT2D eigenvalue weighted by atomic mass is 10.1. The molecule has 2 aromatic carbocycles. The molecule has 4 rings (SSSR count). The van der Waals surface area contributed by atoms with Gasteiger partial charge in [0.05, 0.1) is 0 Å². The van der Waals surface area contributed by atoms with Gasteiger partial charge in [-0.2, -0.15) is 0 Å². The SMILES string of the molecule is CN1CCN(C2=Cc3ccccc3Oc3ccc(Cl)cc32)CC1. The first-order valence-corrected chi connectivity index (χ1v) is 8.30. The molecule has 1 fully saturated rings. The number of piperazine rings is 1. The summed E-state index contributed by atoms with van der Waals surface area (Å²) in [6.07, 6.45) is 2.23. The van der Waals surface area contributed by atoms with Crippen molar-refractivity contribution in [1.82, 2.24) is 9.80 Å². The molecule has 2 aromatic rings. The van der Waals surface area contributed by atoms with Crippen LogP contribution < -0.4 is 4.74 Å². The van der Waals surface area contributed by atoms with Gasteiger partial charge in [0.2, 0.25) is 0 Å². The minimum Gasteiger partial charge on any atom is -0.456 e. The number of nitrogens with zero attached hydrogens (tertiary/aromatic N) is 2. The largest absolute Gasteiger partial charge is 0.456 e. The van der Waals surface area contributed by atoms with Crippen molar-refractivity contribution in [1.29, 1.82) is 0 Å². The van der Waals surface area contributed by atoms with E-state index in [1.165, 1.54) is 5.70 Å². The molecule has 0 aliphatic carbocycles. The lowest BCUT2D eigenvalue weighted by molar-refractivity contribution is 0.207. The predicted octanol–water partition coefficient (Wildman–Crippen LogP) is 4.19. The summed E-state index contributed by atoms with van der Waals surface area (Å²) < 4.78 is 6.15. The third-order valence-electron chi connectivity index (χ3n) is 4.49. The van der Waals surface area contributed by atoms with Crippen molar-refractivity contribution >= 4 is 23.4 Å². The van der Waals surface area contributed by atoms with Crippen molar-refractivity contribution in [2.24, 2.45) is 0 Å². The van der Waals surface area contributed by atoms with Crippen LogP contribution in [-0.2, 0) is 0 Å². The summed E-state index contributed by atoms with van der Waals surface area (Å²) in [5, 5.41) is 0.735. The molecule has 0 atom stereocenters. The van der Waals surface area contributed by atoms with Crippen LogP contribution in [0.4, 0.5) is 0 Å². The molecule has 3 nitrogen and oxygen atoms in total. The Labute approximate surface area is 141 Å².